The first-order valence-electron chi connectivity index (χ1n) is 21.8. The fourth-order valence-electron chi connectivity index (χ4n) is 11.0. The molecule has 0 radical (unpaired) electrons. The third-order valence-corrected chi connectivity index (χ3v) is 13.7. The van der Waals surface area contributed by atoms with E-state index in [0.717, 1.165) is 58.8 Å². The van der Waals surface area contributed by atoms with E-state index in [-0.39, 0.29) is 5.92 Å². The molecule has 62 heavy (non-hydrogen) atoms. The average molecular weight is 796 g/mol. The molecule has 13 rings (SSSR count). The number of nitrogens with zero attached hydrogens (tertiary/aromatic N) is 1. The third-order valence-electron chi connectivity index (χ3n) is 13.7. The Kier molecular flexibility index (Phi) is 7.77. The second-order valence-corrected chi connectivity index (χ2v) is 17.0. The predicted molar refractivity (Wildman–Crippen MR) is 255 cm³/mol. The molecule has 8 aromatic carbocycles. The summed E-state index contributed by atoms with van der Waals surface area (Å²) in [5, 5.41) is 6.17. The monoisotopic (exact) mass is 795 g/mol. The molecule has 10 aromatic rings. The minimum atomic E-state index is -0.467. The van der Waals surface area contributed by atoms with Crippen LogP contribution in [-0.2, 0) is 11.8 Å². The van der Waals surface area contributed by atoms with Gasteiger partial charge in [-0.1, -0.05) is 152 Å². The van der Waals surface area contributed by atoms with Gasteiger partial charge in [0, 0.05) is 50.8 Å². The SMILES string of the molecule is C1=Cc2oc3cc(N(C4=CCC(c5cccc(C6(c7ccccc7)c7cccc8oc9cccc6c9c78)c5)C=C4)c4ccc(-c5cccc6ccccc56)cc4)ccc3c2CC1. The van der Waals surface area contributed by atoms with Gasteiger partial charge in [-0.15, -0.1) is 0 Å². The number of aryl methyl sites for hydroxylation is 1. The normalized spacial score (nSPS) is 16.1. The third kappa shape index (κ3) is 5.18. The van der Waals surface area contributed by atoms with E-state index >= 15 is 0 Å². The number of rotatable bonds is 7. The van der Waals surface area contributed by atoms with Crippen LogP contribution in [0.3, 0.4) is 0 Å². The predicted octanol–water partition coefficient (Wildman–Crippen LogP) is 15.6. The molecule has 3 aliphatic carbocycles. The van der Waals surface area contributed by atoms with Crippen molar-refractivity contribution in [2.24, 2.45) is 0 Å². The van der Waals surface area contributed by atoms with Gasteiger partial charge in [0.05, 0.1) is 5.41 Å². The molecule has 3 heteroatoms. The Morgan fingerprint density at radius 3 is 2.08 bits per heavy atom. The highest BCUT2D eigenvalue weighted by molar-refractivity contribution is 6.14. The quantitative estimate of drug-likeness (QED) is 0.161. The van der Waals surface area contributed by atoms with Gasteiger partial charge < -0.3 is 13.7 Å². The van der Waals surface area contributed by atoms with Crippen molar-refractivity contribution in [1.29, 1.82) is 0 Å². The van der Waals surface area contributed by atoms with Gasteiger partial charge in [-0.3, -0.25) is 0 Å². The van der Waals surface area contributed by atoms with Crippen LogP contribution in [0.5, 0.6) is 0 Å². The molecule has 294 valence electrons. The lowest BCUT2D eigenvalue weighted by Gasteiger charge is -2.35. The van der Waals surface area contributed by atoms with E-state index < -0.39 is 5.41 Å². The lowest BCUT2D eigenvalue weighted by Crippen LogP contribution is -2.29. The smallest absolute Gasteiger partial charge is 0.137 e. The molecule has 3 nitrogen and oxygen atoms in total. The second kappa shape index (κ2) is 13.7. The molecule has 0 N–H and O–H groups in total. The highest BCUT2D eigenvalue weighted by Gasteiger charge is 2.46. The van der Waals surface area contributed by atoms with Crippen LogP contribution in [0, 0.1) is 0 Å². The van der Waals surface area contributed by atoms with Crippen LogP contribution in [-0.4, -0.2) is 0 Å². The lowest BCUT2D eigenvalue weighted by atomic mass is 9.67. The van der Waals surface area contributed by atoms with Gasteiger partial charge in [-0.25, -0.2) is 0 Å². The molecule has 2 aromatic heterocycles. The highest BCUT2D eigenvalue weighted by atomic mass is 16.3. The maximum absolute atomic E-state index is 6.49. The largest absolute Gasteiger partial charge is 0.456 e. The lowest BCUT2D eigenvalue weighted by molar-refractivity contribution is 0.595. The first-order valence-corrected chi connectivity index (χ1v) is 21.8. The second-order valence-electron chi connectivity index (χ2n) is 17.0. The number of hydrogen-bond acceptors (Lipinski definition) is 3. The Morgan fingerprint density at radius 2 is 1.27 bits per heavy atom. The molecule has 3 aliphatic rings. The van der Waals surface area contributed by atoms with E-state index in [4.69, 9.17) is 8.83 Å². The number of hydrogen-bond donors (Lipinski definition) is 0. The molecule has 0 amide bonds. The highest BCUT2D eigenvalue weighted by Crippen LogP contribution is 2.57. The standard InChI is InChI=1S/C59H41NO2/c1-2-15-42(16-3-1)59(51-21-10-24-54-57(51)58-52(59)22-11-25-55(58)62-54)43-17-8-14-41(36-43)38-26-30-44(31-27-38)60(46-34-35-50-49-19-6-7-23-53(49)61-56(50)37-46)45-32-28-40(29-33-45)48-20-9-13-39-12-4-5-18-47(39)48/h1-5,7-18,20-26,28-38H,6,19,27H2. The van der Waals surface area contributed by atoms with Crippen molar-refractivity contribution in [3.63, 3.8) is 0 Å². The molecule has 0 bridgehead atoms. The first kappa shape index (κ1) is 35.2. The molecule has 1 unspecified atom stereocenters. The number of allylic oxidation sites excluding steroid dienone is 4. The Balaban J connectivity index is 0.891. The van der Waals surface area contributed by atoms with Crippen molar-refractivity contribution < 1.29 is 8.83 Å². The molecule has 0 fully saturated rings. The van der Waals surface area contributed by atoms with E-state index in [1.54, 1.807) is 0 Å². The zero-order valence-electron chi connectivity index (χ0n) is 34.1. The minimum Gasteiger partial charge on any atom is -0.456 e. The van der Waals surface area contributed by atoms with Gasteiger partial charge in [0.25, 0.3) is 0 Å². The van der Waals surface area contributed by atoms with Gasteiger partial charge in [-0.2, -0.15) is 0 Å². The number of benzene rings is 8. The fourth-order valence-corrected chi connectivity index (χ4v) is 11.0. The molecule has 0 aliphatic heterocycles. The van der Waals surface area contributed by atoms with Crippen molar-refractivity contribution in [3.05, 3.63) is 245 Å². The number of anilines is 2. The van der Waals surface area contributed by atoms with Gasteiger partial charge in [-0.05, 0) is 118 Å². The Bertz CT molecular complexity index is 3440. The van der Waals surface area contributed by atoms with Crippen LogP contribution < -0.4 is 4.90 Å². The number of furan rings is 2. The van der Waals surface area contributed by atoms with E-state index in [2.05, 4.69) is 211 Å². The van der Waals surface area contributed by atoms with E-state index in [1.807, 2.05) is 0 Å². The van der Waals surface area contributed by atoms with Gasteiger partial charge in [0.15, 0.2) is 0 Å². The van der Waals surface area contributed by atoms with E-state index in [9.17, 15) is 0 Å². The first-order chi connectivity index (χ1) is 30.7. The zero-order chi connectivity index (χ0) is 40.8. The summed E-state index contributed by atoms with van der Waals surface area (Å²) < 4.78 is 12.9. The summed E-state index contributed by atoms with van der Waals surface area (Å²) in [5.74, 6) is 1.20. The summed E-state index contributed by atoms with van der Waals surface area (Å²) in [6.07, 6.45) is 14.4. The number of fused-ring (bicyclic) bond motifs is 4. The van der Waals surface area contributed by atoms with Crippen LogP contribution in [0.15, 0.2) is 215 Å². The maximum atomic E-state index is 6.49. The van der Waals surface area contributed by atoms with Crippen molar-refractivity contribution >= 4 is 61.1 Å². The molecule has 2 heterocycles. The molecule has 0 saturated carbocycles. The summed E-state index contributed by atoms with van der Waals surface area (Å²) in [4.78, 5) is 2.39. The van der Waals surface area contributed by atoms with Gasteiger partial charge >= 0.3 is 0 Å². The maximum Gasteiger partial charge on any atom is 0.137 e. The summed E-state index contributed by atoms with van der Waals surface area (Å²) >= 11 is 0. The molecular weight excluding hydrogens is 755 g/mol. The minimum absolute atomic E-state index is 0.211. The van der Waals surface area contributed by atoms with Crippen molar-refractivity contribution in [2.75, 3.05) is 4.90 Å². The van der Waals surface area contributed by atoms with Crippen molar-refractivity contribution in [1.82, 2.24) is 0 Å². The summed E-state index contributed by atoms with van der Waals surface area (Å²) in [5.41, 5.74) is 15.9. The summed E-state index contributed by atoms with van der Waals surface area (Å²) in [6.45, 7) is 0. The molecule has 0 saturated heterocycles. The topological polar surface area (TPSA) is 29.5 Å². The summed E-state index contributed by atoms with van der Waals surface area (Å²) in [6, 6.07) is 64.5. The van der Waals surface area contributed by atoms with Crippen LogP contribution >= 0.6 is 0 Å². The van der Waals surface area contributed by atoms with Crippen LogP contribution in [0.25, 0.3) is 60.9 Å². The van der Waals surface area contributed by atoms with Crippen LogP contribution in [0.4, 0.5) is 11.4 Å². The average Bonchev–Trinajstić information content (AvgIpc) is 4.01. The molecular formula is C59H41NO2. The van der Waals surface area contributed by atoms with Gasteiger partial charge in [0.1, 0.15) is 22.5 Å². The van der Waals surface area contributed by atoms with Crippen molar-refractivity contribution in [2.45, 2.75) is 30.6 Å². The van der Waals surface area contributed by atoms with Gasteiger partial charge in [0.2, 0.25) is 0 Å². The van der Waals surface area contributed by atoms with E-state index in [0.29, 0.717) is 0 Å². The molecule has 0 spiro atoms. The molecule has 1 atom stereocenters. The summed E-state index contributed by atoms with van der Waals surface area (Å²) in [7, 11) is 0. The van der Waals surface area contributed by atoms with Crippen LogP contribution in [0.1, 0.15) is 57.9 Å². The van der Waals surface area contributed by atoms with Crippen LogP contribution in [0.2, 0.25) is 0 Å². The van der Waals surface area contributed by atoms with E-state index in [1.165, 1.54) is 71.4 Å². The zero-order valence-corrected chi connectivity index (χ0v) is 34.1. The Morgan fingerprint density at radius 1 is 0.548 bits per heavy atom. The Labute approximate surface area is 360 Å². The Hall–Kier alpha value is -7.62. The fraction of sp³-hybridized carbons (Fsp3) is 0.0847. The van der Waals surface area contributed by atoms with Crippen molar-refractivity contribution in [3.8, 4) is 11.1 Å².